The van der Waals surface area contributed by atoms with Crippen molar-refractivity contribution in [3.05, 3.63) is 108 Å². The average molecular weight is 525 g/mol. The lowest BCUT2D eigenvalue weighted by Gasteiger charge is -2.36. The SMILES string of the molecule is C1=CC(c2ccccc2)(c2ccccc2)Oc2ccc3cc4c(cc3c21)OCCOCCOCCOCCO4. The molecule has 0 bridgehead atoms. The number of rotatable bonds is 2. The van der Waals surface area contributed by atoms with Gasteiger partial charge in [0.15, 0.2) is 17.1 Å². The molecule has 0 aromatic heterocycles. The van der Waals surface area contributed by atoms with E-state index in [1.165, 1.54) is 0 Å². The maximum atomic E-state index is 6.89. The van der Waals surface area contributed by atoms with Crippen LogP contribution in [0.1, 0.15) is 16.7 Å². The Morgan fingerprint density at radius 3 is 1.64 bits per heavy atom. The van der Waals surface area contributed by atoms with E-state index >= 15 is 0 Å². The molecule has 6 nitrogen and oxygen atoms in total. The molecular weight excluding hydrogens is 492 g/mol. The second kappa shape index (κ2) is 11.9. The van der Waals surface area contributed by atoms with Gasteiger partial charge in [-0.1, -0.05) is 66.7 Å². The second-order valence-corrected chi connectivity index (χ2v) is 9.43. The van der Waals surface area contributed by atoms with E-state index < -0.39 is 5.60 Å². The highest BCUT2D eigenvalue weighted by Gasteiger charge is 2.37. The van der Waals surface area contributed by atoms with E-state index in [9.17, 15) is 0 Å². The van der Waals surface area contributed by atoms with Crippen LogP contribution in [0.5, 0.6) is 17.2 Å². The van der Waals surface area contributed by atoms with Gasteiger partial charge >= 0.3 is 0 Å². The Bertz CT molecular complexity index is 1380. The van der Waals surface area contributed by atoms with Gasteiger partial charge in [-0.15, -0.1) is 0 Å². The summed E-state index contributed by atoms with van der Waals surface area (Å²) in [4.78, 5) is 0. The molecule has 2 heterocycles. The Morgan fingerprint density at radius 2 is 1.05 bits per heavy atom. The van der Waals surface area contributed by atoms with Crippen molar-refractivity contribution < 1.29 is 28.4 Å². The van der Waals surface area contributed by atoms with Crippen molar-refractivity contribution in [1.29, 1.82) is 0 Å². The Morgan fingerprint density at radius 1 is 0.513 bits per heavy atom. The summed E-state index contributed by atoms with van der Waals surface area (Å²) in [6.07, 6.45) is 4.32. The molecule has 2 aliphatic heterocycles. The standard InChI is InChI=1S/C33H32O6/c1-3-7-26(8-4-1)33(27-9-5-2-6-10-27)14-13-28-29-24-32-31(23-25(29)11-12-30(28)39-33)37-21-19-35-17-15-34-16-18-36-20-22-38-32/h1-14,23-24H,15-22H2. The number of fused-ring (bicyclic) bond motifs is 4. The van der Waals surface area contributed by atoms with Crippen LogP contribution in [-0.4, -0.2) is 52.9 Å². The van der Waals surface area contributed by atoms with Crippen molar-refractivity contribution in [2.24, 2.45) is 0 Å². The fourth-order valence-electron chi connectivity index (χ4n) is 5.04. The van der Waals surface area contributed by atoms with Crippen molar-refractivity contribution in [3.63, 3.8) is 0 Å². The topological polar surface area (TPSA) is 55.4 Å². The minimum atomic E-state index is -0.726. The van der Waals surface area contributed by atoms with E-state index in [1.807, 2.05) is 54.6 Å². The Hall–Kier alpha value is -3.84. The first-order valence-corrected chi connectivity index (χ1v) is 13.4. The van der Waals surface area contributed by atoms with Crippen LogP contribution in [0, 0.1) is 0 Å². The first-order valence-electron chi connectivity index (χ1n) is 13.4. The summed E-state index contributed by atoms with van der Waals surface area (Å²) in [5.41, 5.74) is 2.43. The number of ether oxygens (including phenoxy) is 6. The van der Waals surface area contributed by atoms with Crippen molar-refractivity contribution in [2.75, 3.05) is 52.9 Å². The summed E-state index contributed by atoms with van der Waals surface area (Å²) in [5, 5.41) is 2.07. The molecule has 2 aliphatic rings. The highest BCUT2D eigenvalue weighted by atomic mass is 16.6. The summed E-state index contributed by atoms with van der Waals surface area (Å²) in [6.45, 7) is 3.88. The summed E-state index contributed by atoms with van der Waals surface area (Å²) < 4.78 is 35.9. The van der Waals surface area contributed by atoms with E-state index in [-0.39, 0.29) is 0 Å². The fraction of sp³-hybridized carbons (Fsp3) is 0.273. The van der Waals surface area contributed by atoms with Gasteiger partial charge in [0.1, 0.15) is 19.0 Å². The van der Waals surface area contributed by atoms with Crippen LogP contribution < -0.4 is 14.2 Å². The van der Waals surface area contributed by atoms with Gasteiger partial charge in [0.05, 0.1) is 39.6 Å². The predicted molar refractivity (Wildman–Crippen MR) is 151 cm³/mol. The van der Waals surface area contributed by atoms with E-state index in [0.29, 0.717) is 64.4 Å². The third-order valence-electron chi connectivity index (χ3n) is 6.96. The normalized spacial score (nSPS) is 17.8. The molecule has 0 spiro atoms. The zero-order chi connectivity index (χ0) is 26.3. The molecule has 0 saturated heterocycles. The molecule has 0 unspecified atom stereocenters. The summed E-state index contributed by atoms with van der Waals surface area (Å²) in [7, 11) is 0. The summed E-state index contributed by atoms with van der Waals surface area (Å²) in [6, 6.07) is 28.8. The Labute approximate surface area is 228 Å². The molecule has 6 rings (SSSR count). The second-order valence-electron chi connectivity index (χ2n) is 9.43. The quantitative estimate of drug-likeness (QED) is 0.320. The van der Waals surface area contributed by atoms with E-state index in [2.05, 4.69) is 42.5 Å². The largest absolute Gasteiger partial charge is 0.487 e. The first kappa shape index (κ1) is 25.4. The Kier molecular flexibility index (Phi) is 7.77. The molecule has 39 heavy (non-hydrogen) atoms. The highest BCUT2D eigenvalue weighted by Crippen LogP contribution is 2.45. The molecule has 4 aromatic carbocycles. The summed E-state index contributed by atoms with van der Waals surface area (Å²) in [5.74, 6) is 2.16. The van der Waals surface area contributed by atoms with E-state index in [1.54, 1.807) is 0 Å². The minimum absolute atomic E-state index is 0.408. The maximum Gasteiger partial charge on any atom is 0.178 e. The first-order chi connectivity index (χ1) is 19.3. The highest BCUT2D eigenvalue weighted by molar-refractivity contribution is 5.96. The van der Waals surface area contributed by atoms with Crippen LogP contribution in [0.25, 0.3) is 16.8 Å². The van der Waals surface area contributed by atoms with Gasteiger partial charge in [0.2, 0.25) is 0 Å². The van der Waals surface area contributed by atoms with Gasteiger partial charge < -0.3 is 28.4 Å². The maximum absolute atomic E-state index is 6.89. The number of hydrogen-bond donors (Lipinski definition) is 0. The lowest BCUT2D eigenvalue weighted by Crippen LogP contribution is -2.34. The third-order valence-corrected chi connectivity index (χ3v) is 6.96. The van der Waals surface area contributed by atoms with Crippen LogP contribution in [-0.2, 0) is 19.8 Å². The summed E-state index contributed by atoms with van der Waals surface area (Å²) >= 11 is 0. The van der Waals surface area contributed by atoms with Crippen molar-refractivity contribution in [2.45, 2.75) is 5.60 Å². The van der Waals surface area contributed by atoms with Crippen LogP contribution >= 0.6 is 0 Å². The Balaban J connectivity index is 1.37. The van der Waals surface area contributed by atoms with E-state index in [0.717, 1.165) is 33.2 Å². The molecule has 200 valence electrons. The predicted octanol–water partition coefficient (Wildman–Crippen LogP) is 6.01. The van der Waals surface area contributed by atoms with Gasteiger partial charge in [0, 0.05) is 16.7 Å². The van der Waals surface area contributed by atoms with Crippen molar-refractivity contribution in [3.8, 4) is 17.2 Å². The molecule has 0 atom stereocenters. The smallest absolute Gasteiger partial charge is 0.178 e. The number of benzene rings is 4. The van der Waals surface area contributed by atoms with Gasteiger partial charge in [-0.3, -0.25) is 0 Å². The third kappa shape index (κ3) is 5.50. The molecule has 0 radical (unpaired) electrons. The van der Waals surface area contributed by atoms with Crippen molar-refractivity contribution in [1.82, 2.24) is 0 Å². The average Bonchev–Trinajstić information content (AvgIpc) is 3.00. The monoisotopic (exact) mass is 524 g/mol. The molecule has 0 fully saturated rings. The molecule has 0 aliphatic carbocycles. The van der Waals surface area contributed by atoms with Gasteiger partial charge in [-0.2, -0.15) is 0 Å². The van der Waals surface area contributed by atoms with Crippen LogP contribution in [0.4, 0.5) is 0 Å². The van der Waals surface area contributed by atoms with Gasteiger partial charge in [-0.25, -0.2) is 0 Å². The molecule has 0 amide bonds. The van der Waals surface area contributed by atoms with E-state index in [4.69, 9.17) is 28.4 Å². The van der Waals surface area contributed by atoms with Crippen molar-refractivity contribution >= 4 is 16.8 Å². The molecule has 0 saturated carbocycles. The van der Waals surface area contributed by atoms with Gasteiger partial charge in [0.25, 0.3) is 0 Å². The molecule has 6 heteroatoms. The van der Waals surface area contributed by atoms with Crippen LogP contribution in [0.15, 0.2) is 91.0 Å². The lowest BCUT2D eigenvalue weighted by atomic mass is 9.83. The minimum Gasteiger partial charge on any atom is -0.487 e. The molecule has 4 aromatic rings. The zero-order valence-electron chi connectivity index (χ0n) is 21.8. The molecular formula is C33H32O6. The lowest BCUT2D eigenvalue weighted by molar-refractivity contribution is 0.00708. The molecule has 0 N–H and O–H groups in total. The fourth-order valence-corrected chi connectivity index (χ4v) is 5.04. The van der Waals surface area contributed by atoms with Gasteiger partial charge in [-0.05, 0) is 41.1 Å². The number of hydrogen-bond acceptors (Lipinski definition) is 6. The van der Waals surface area contributed by atoms with Crippen LogP contribution in [0.2, 0.25) is 0 Å². The zero-order valence-corrected chi connectivity index (χ0v) is 21.8. The van der Waals surface area contributed by atoms with Crippen LogP contribution in [0.3, 0.4) is 0 Å².